The van der Waals surface area contributed by atoms with Crippen molar-refractivity contribution >= 4 is 10.9 Å². The zero-order valence-corrected chi connectivity index (χ0v) is 10.2. The Morgan fingerprint density at radius 3 is 2.67 bits per heavy atom. The first-order valence-electron chi connectivity index (χ1n) is 3.98. The third kappa shape index (κ3) is 1.78. The number of nitriles is 1. The van der Waals surface area contributed by atoms with Crippen LogP contribution in [-0.4, -0.2) is 10.1 Å². The molecule has 0 fully saturated rings. The summed E-state index contributed by atoms with van der Waals surface area (Å²) >= 11 is 0. The van der Waals surface area contributed by atoms with Gasteiger partial charge >= 0.3 is 0 Å². The van der Waals surface area contributed by atoms with Gasteiger partial charge in [-0.1, -0.05) is 12.1 Å². The number of aromatic nitrogens is 1. The largest absolute Gasteiger partial charge is 0.506 e. The fourth-order valence-corrected chi connectivity index (χ4v) is 1.33. The number of H-pyrrole nitrogens is 1. The number of pyridine rings is 1. The van der Waals surface area contributed by atoms with Gasteiger partial charge in [0.2, 0.25) is 0 Å². The summed E-state index contributed by atoms with van der Waals surface area (Å²) in [6.07, 6.45) is 0. The maximum atomic E-state index is 11.2. The predicted molar refractivity (Wildman–Crippen MR) is 50.9 cm³/mol. The van der Waals surface area contributed by atoms with Gasteiger partial charge in [-0.15, -0.1) is 0 Å². The van der Waals surface area contributed by atoms with Crippen molar-refractivity contribution in [3.05, 3.63) is 40.2 Å². The predicted octanol–water partition coefficient (Wildman–Crippen LogP) is 1.10. The van der Waals surface area contributed by atoms with Gasteiger partial charge in [0.05, 0.1) is 5.52 Å². The molecule has 0 saturated carbocycles. The average Bonchev–Trinajstić information content (AvgIpc) is 2.18. The van der Waals surface area contributed by atoms with E-state index >= 15 is 0 Å². The van der Waals surface area contributed by atoms with Crippen LogP contribution in [0.15, 0.2) is 29.1 Å². The Labute approximate surface area is 98.8 Å². The SMILES string of the molecule is N#Cc1c(O)c2ccccc2[nH]c1=O.[Re]. The molecule has 1 heterocycles. The van der Waals surface area contributed by atoms with Crippen LogP contribution in [0.1, 0.15) is 5.56 Å². The van der Waals surface area contributed by atoms with Crippen LogP contribution >= 0.6 is 0 Å². The molecule has 0 atom stereocenters. The van der Waals surface area contributed by atoms with Gasteiger partial charge in [0.25, 0.3) is 5.56 Å². The second kappa shape index (κ2) is 4.27. The zero-order chi connectivity index (χ0) is 10.1. The van der Waals surface area contributed by atoms with Gasteiger partial charge in [-0.25, -0.2) is 0 Å². The normalized spacial score (nSPS) is 9.27. The Bertz CT molecular complexity index is 598. The zero-order valence-electron chi connectivity index (χ0n) is 7.49. The maximum Gasteiger partial charge on any atom is 0.270 e. The van der Waals surface area contributed by atoms with Crippen molar-refractivity contribution in [2.75, 3.05) is 0 Å². The number of aromatic hydroxyl groups is 1. The molecule has 0 amide bonds. The fraction of sp³-hybridized carbons (Fsp3) is 0. The summed E-state index contributed by atoms with van der Waals surface area (Å²) in [6, 6.07) is 8.43. The summed E-state index contributed by atoms with van der Waals surface area (Å²) < 4.78 is 0. The first-order valence-corrected chi connectivity index (χ1v) is 3.98. The number of benzene rings is 1. The van der Waals surface area contributed by atoms with E-state index in [2.05, 4.69) is 4.98 Å². The van der Waals surface area contributed by atoms with E-state index in [1.54, 1.807) is 30.3 Å². The Morgan fingerprint density at radius 2 is 2.00 bits per heavy atom. The molecule has 4 nitrogen and oxygen atoms in total. The summed E-state index contributed by atoms with van der Waals surface area (Å²) in [5.41, 5.74) is -0.290. The summed E-state index contributed by atoms with van der Waals surface area (Å²) in [5.74, 6) is -0.258. The smallest absolute Gasteiger partial charge is 0.270 e. The molecule has 0 aliphatic carbocycles. The quantitative estimate of drug-likeness (QED) is 0.727. The van der Waals surface area contributed by atoms with E-state index in [1.165, 1.54) is 0 Å². The van der Waals surface area contributed by atoms with Gasteiger partial charge in [0.1, 0.15) is 11.8 Å². The molecule has 2 N–H and O–H groups in total. The third-order valence-corrected chi connectivity index (χ3v) is 2.01. The number of nitrogens with zero attached hydrogens (tertiary/aromatic N) is 1. The molecule has 0 aliphatic rings. The van der Waals surface area contributed by atoms with E-state index in [0.717, 1.165) is 0 Å². The molecule has 75 valence electrons. The van der Waals surface area contributed by atoms with Crippen molar-refractivity contribution in [3.8, 4) is 11.8 Å². The van der Waals surface area contributed by atoms with Crippen molar-refractivity contribution in [2.24, 2.45) is 0 Å². The molecule has 0 spiro atoms. The molecule has 0 aliphatic heterocycles. The second-order valence-corrected chi connectivity index (χ2v) is 2.84. The first-order chi connectivity index (χ1) is 6.74. The van der Waals surface area contributed by atoms with Gasteiger partial charge in [-0.05, 0) is 12.1 Å². The van der Waals surface area contributed by atoms with Crippen LogP contribution < -0.4 is 5.56 Å². The number of fused-ring (bicyclic) bond motifs is 1. The number of aromatic amines is 1. The summed E-state index contributed by atoms with van der Waals surface area (Å²) in [6.45, 7) is 0. The van der Waals surface area contributed by atoms with E-state index in [4.69, 9.17) is 5.26 Å². The van der Waals surface area contributed by atoms with Crippen molar-refractivity contribution < 1.29 is 25.5 Å². The minimum Gasteiger partial charge on any atom is -0.506 e. The van der Waals surface area contributed by atoms with E-state index < -0.39 is 5.56 Å². The number of rotatable bonds is 0. The van der Waals surface area contributed by atoms with Crippen LogP contribution in [0.4, 0.5) is 0 Å². The third-order valence-electron chi connectivity index (χ3n) is 2.01. The van der Waals surface area contributed by atoms with Crippen LogP contribution in [0.3, 0.4) is 0 Å². The molecular weight excluding hydrogens is 366 g/mol. The van der Waals surface area contributed by atoms with E-state index in [0.29, 0.717) is 10.9 Å². The number of hydrogen-bond acceptors (Lipinski definition) is 3. The van der Waals surface area contributed by atoms with Gasteiger partial charge in [-0.3, -0.25) is 4.79 Å². The molecule has 5 heteroatoms. The minimum absolute atomic E-state index is 0. The summed E-state index contributed by atoms with van der Waals surface area (Å²) in [4.78, 5) is 13.8. The van der Waals surface area contributed by atoms with Gasteiger partial charge < -0.3 is 10.1 Å². The van der Waals surface area contributed by atoms with Crippen molar-refractivity contribution in [3.63, 3.8) is 0 Å². The number of para-hydroxylation sites is 1. The van der Waals surface area contributed by atoms with Crippen LogP contribution in [0.25, 0.3) is 10.9 Å². The monoisotopic (exact) mass is 373 g/mol. The van der Waals surface area contributed by atoms with E-state index in [1.807, 2.05) is 0 Å². The van der Waals surface area contributed by atoms with Crippen LogP contribution in [0.5, 0.6) is 5.75 Å². The van der Waals surface area contributed by atoms with Crippen LogP contribution in [0, 0.1) is 11.3 Å². The Kier molecular flexibility index (Phi) is 3.26. The topological polar surface area (TPSA) is 76.9 Å². The molecule has 15 heavy (non-hydrogen) atoms. The van der Waals surface area contributed by atoms with E-state index in [9.17, 15) is 9.90 Å². The van der Waals surface area contributed by atoms with Crippen LogP contribution in [0.2, 0.25) is 0 Å². The molecule has 0 bridgehead atoms. The molecule has 0 unspecified atom stereocenters. The Balaban J connectivity index is 0.00000112. The molecule has 2 rings (SSSR count). The Morgan fingerprint density at radius 1 is 1.33 bits per heavy atom. The number of hydrogen-bond donors (Lipinski definition) is 2. The minimum atomic E-state index is -0.566. The molecule has 2 aromatic rings. The molecule has 1 aromatic heterocycles. The molecule has 1 aromatic carbocycles. The van der Waals surface area contributed by atoms with Gasteiger partial charge in [0, 0.05) is 25.8 Å². The van der Waals surface area contributed by atoms with Crippen LogP contribution in [-0.2, 0) is 20.4 Å². The van der Waals surface area contributed by atoms with E-state index in [-0.39, 0.29) is 31.7 Å². The fourth-order valence-electron chi connectivity index (χ4n) is 1.33. The maximum absolute atomic E-state index is 11.2. The van der Waals surface area contributed by atoms with Gasteiger partial charge in [-0.2, -0.15) is 5.26 Å². The summed E-state index contributed by atoms with van der Waals surface area (Å²) in [5, 5.41) is 18.7. The van der Waals surface area contributed by atoms with Crippen molar-refractivity contribution in [1.82, 2.24) is 4.98 Å². The second-order valence-electron chi connectivity index (χ2n) is 2.84. The standard InChI is InChI=1S/C10H6N2O2.Re/c11-5-7-9(13)6-3-1-2-4-8(6)12-10(7)14;/h1-4H,(H2,12,13,14);. The van der Waals surface area contributed by atoms with Crippen molar-refractivity contribution in [1.29, 1.82) is 5.26 Å². The first kappa shape index (κ1) is 11.5. The van der Waals surface area contributed by atoms with Gasteiger partial charge in [0.15, 0.2) is 5.56 Å². The van der Waals surface area contributed by atoms with Crippen molar-refractivity contribution in [2.45, 2.75) is 0 Å². The molecule has 1 radical (unpaired) electrons. The number of nitrogens with one attached hydrogen (secondary N) is 1. The Hall–Kier alpha value is -1.62. The average molecular weight is 372 g/mol. The molecular formula is C10H6N2O2Re. The molecule has 0 saturated heterocycles. The summed E-state index contributed by atoms with van der Waals surface area (Å²) in [7, 11) is 0.